The quantitative estimate of drug-likeness (QED) is 0.875. The molecule has 1 aromatic carbocycles. The van der Waals surface area contributed by atoms with E-state index in [4.69, 9.17) is 21.1 Å². The summed E-state index contributed by atoms with van der Waals surface area (Å²) < 4.78 is 35.4. The number of ether oxygens (including phenoxy) is 2. The van der Waals surface area contributed by atoms with Crippen LogP contribution in [-0.4, -0.2) is 42.6 Å². The maximum absolute atomic E-state index is 12.3. The van der Waals surface area contributed by atoms with E-state index >= 15 is 0 Å². The van der Waals surface area contributed by atoms with Crippen molar-refractivity contribution in [1.82, 2.24) is 15.2 Å². The number of sulfone groups is 1. The highest BCUT2D eigenvalue weighted by Crippen LogP contribution is 2.38. The first-order chi connectivity index (χ1) is 10.9. The molecule has 0 unspecified atom stereocenters. The number of aromatic nitrogens is 3. The van der Waals surface area contributed by atoms with E-state index in [0.717, 1.165) is 0 Å². The van der Waals surface area contributed by atoms with Gasteiger partial charge in [-0.1, -0.05) is 11.6 Å². The van der Waals surface area contributed by atoms with Crippen molar-refractivity contribution >= 4 is 21.4 Å². The molecule has 1 aromatic heterocycles. The largest absolute Gasteiger partial charge is 0.486 e. The van der Waals surface area contributed by atoms with Crippen LogP contribution in [0.3, 0.4) is 0 Å². The molecule has 1 N–H and O–H groups in total. The van der Waals surface area contributed by atoms with Crippen LogP contribution < -0.4 is 9.47 Å². The number of fused-ring (bicyclic) bond motifs is 1. The summed E-state index contributed by atoms with van der Waals surface area (Å²) in [5, 5.41) is 6.99. The van der Waals surface area contributed by atoms with Crippen LogP contribution in [0.2, 0.25) is 5.02 Å². The fraction of sp³-hybridized carbons (Fsp3) is 0.429. The van der Waals surface area contributed by atoms with Gasteiger partial charge in [-0.25, -0.2) is 13.4 Å². The van der Waals surface area contributed by atoms with Crippen LogP contribution in [0.15, 0.2) is 12.1 Å². The summed E-state index contributed by atoms with van der Waals surface area (Å²) in [4.78, 5) is 4.10. The molecule has 23 heavy (non-hydrogen) atoms. The predicted octanol–water partition coefficient (Wildman–Crippen LogP) is 1.70. The Labute approximate surface area is 138 Å². The Morgan fingerprint density at radius 1 is 1.30 bits per heavy atom. The summed E-state index contributed by atoms with van der Waals surface area (Å²) in [6, 6.07) is 3.26. The van der Waals surface area contributed by atoms with E-state index in [-0.39, 0.29) is 17.9 Å². The van der Waals surface area contributed by atoms with Crippen LogP contribution >= 0.6 is 11.6 Å². The second-order valence-corrected chi connectivity index (χ2v) is 7.87. The summed E-state index contributed by atoms with van der Waals surface area (Å²) >= 11 is 6.13. The number of halogens is 1. The zero-order chi connectivity index (χ0) is 16.4. The van der Waals surface area contributed by atoms with Crippen LogP contribution in [-0.2, 0) is 22.0 Å². The minimum atomic E-state index is -3.32. The average Bonchev–Trinajstić information content (AvgIpc) is 2.91. The number of nitrogens with one attached hydrogen (secondary N) is 1. The van der Waals surface area contributed by atoms with Gasteiger partial charge in [-0.3, -0.25) is 5.10 Å². The normalized spacial score (nSPS) is 14.0. The smallest absolute Gasteiger partial charge is 0.179 e. The van der Waals surface area contributed by atoms with Gasteiger partial charge < -0.3 is 9.47 Å². The summed E-state index contributed by atoms with van der Waals surface area (Å²) in [7, 11) is -3.32. The Morgan fingerprint density at radius 2 is 2.09 bits per heavy atom. The Bertz CT molecular complexity index is 819. The molecule has 0 saturated heterocycles. The van der Waals surface area contributed by atoms with Crippen LogP contribution in [0.25, 0.3) is 0 Å². The molecule has 0 spiro atoms. The molecule has 0 bridgehead atoms. The van der Waals surface area contributed by atoms with Crippen LogP contribution in [0.1, 0.15) is 17.2 Å². The van der Waals surface area contributed by atoms with Gasteiger partial charge in [0.25, 0.3) is 0 Å². The van der Waals surface area contributed by atoms with Gasteiger partial charge >= 0.3 is 0 Å². The molecule has 7 nitrogen and oxygen atoms in total. The fourth-order valence-corrected chi connectivity index (χ4v) is 3.92. The van der Waals surface area contributed by atoms with Gasteiger partial charge in [0.2, 0.25) is 0 Å². The standard InChI is InChI=1S/C14H16ClN3O4S/c1-9-16-13(18-17-9)2-5-23(19,20)8-10-6-11(15)14-12(7-10)21-3-4-22-14/h6-7H,2-5,8H2,1H3,(H,16,17,18). The molecule has 124 valence electrons. The first-order valence-electron chi connectivity index (χ1n) is 7.09. The lowest BCUT2D eigenvalue weighted by Crippen LogP contribution is -2.17. The van der Waals surface area contributed by atoms with Crippen molar-refractivity contribution in [3.05, 3.63) is 34.4 Å². The molecule has 0 saturated carbocycles. The molecule has 0 aliphatic carbocycles. The van der Waals surface area contributed by atoms with Crippen molar-refractivity contribution in [2.24, 2.45) is 0 Å². The van der Waals surface area contributed by atoms with E-state index in [0.29, 0.717) is 46.9 Å². The molecule has 2 heterocycles. The van der Waals surface area contributed by atoms with Crippen molar-refractivity contribution in [2.75, 3.05) is 19.0 Å². The number of aryl methyl sites for hydroxylation is 2. The van der Waals surface area contributed by atoms with Crippen molar-refractivity contribution in [1.29, 1.82) is 0 Å². The number of benzene rings is 1. The first kappa shape index (κ1) is 16.1. The highest BCUT2D eigenvalue weighted by Gasteiger charge is 2.20. The van der Waals surface area contributed by atoms with Gasteiger partial charge in [-0.05, 0) is 24.6 Å². The molecule has 9 heteroatoms. The Balaban J connectivity index is 1.71. The molecule has 2 aromatic rings. The number of aromatic amines is 1. The molecule has 1 aliphatic heterocycles. The van der Waals surface area contributed by atoms with E-state index in [9.17, 15) is 8.42 Å². The van der Waals surface area contributed by atoms with Gasteiger partial charge in [0.05, 0.1) is 16.5 Å². The first-order valence-corrected chi connectivity index (χ1v) is 9.29. The zero-order valence-corrected chi connectivity index (χ0v) is 14.1. The molecular weight excluding hydrogens is 342 g/mol. The molecule has 0 atom stereocenters. The van der Waals surface area contributed by atoms with Crippen LogP contribution in [0, 0.1) is 6.92 Å². The fourth-order valence-electron chi connectivity index (χ4n) is 2.32. The van der Waals surface area contributed by atoms with E-state index in [2.05, 4.69) is 15.2 Å². The third kappa shape index (κ3) is 3.94. The van der Waals surface area contributed by atoms with Gasteiger partial charge in [-0.15, -0.1) is 0 Å². The average molecular weight is 358 g/mol. The predicted molar refractivity (Wildman–Crippen MR) is 84.8 cm³/mol. The monoisotopic (exact) mass is 357 g/mol. The van der Waals surface area contributed by atoms with Gasteiger partial charge in [0, 0.05) is 6.42 Å². The summed E-state index contributed by atoms with van der Waals surface area (Å²) in [5.41, 5.74) is 0.574. The SMILES string of the molecule is Cc1nc(CCS(=O)(=O)Cc2cc(Cl)c3c(c2)OCCO3)n[nH]1. The van der Waals surface area contributed by atoms with Crippen LogP contribution in [0.4, 0.5) is 0 Å². The summed E-state index contributed by atoms with van der Waals surface area (Å²) in [6.07, 6.45) is 0.269. The molecule has 0 fully saturated rings. The topological polar surface area (TPSA) is 94.2 Å². The molecule has 0 amide bonds. The summed E-state index contributed by atoms with van der Waals surface area (Å²) in [6.45, 7) is 2.62. The lowest BCUT2D eigenvalue weighted by Gasteiger charge is -2.20. The Hall–Kier alpha value is -1.80. The minimum Gasteiger partial charge on any atom is -0.486 e. The van der Waals surface area contributed by atoms with Gasteiger partial charge in [0.15, 0.2) is 27.2 Å². The number of H-pyrrole nitrogens is 1. The maximum Gasteiger partial charge on any atom is 0.179 e. The number of hydrogen-bond acceptors (Lipinski definition) is 6. The van der Waals surface area contributed by atoms with E-state index in [1.165, 1.54) is 0 Å². The lowest BCUT2D eigenvalue weighted by atomic mass is 10.2. The Morgan fingerprint density at radius 3 is 2.83 bits per heavy atom. The van der Waals surface area contributed by atoms with Crippen molar-refractivity contribution in [3.63, 3.8) is 0 Å². The second-order valence-electron chi connectivity index (χ2n) is 5.28. The Kier molecular flexibility index (Phi) is 4.45. The number of rotatable bonds is 5. The molecular formula is C14H16ClN3O4S. The molecule has 3 rings (SSSR count). The third-order valence-corrected chi connectivity index (χ3v) is 5.20. The van der Waals surface area contributed by atoms with Crippen molar-refractivity contribution in [3.8, 4) is 11.5 Å². The number of nitrogens with zero attached hydrogens (tertiary/aromatic N) is 2. The van der Waals surface area contributed by atoms with Crippen LogP contribution in [0.5, 0.6) is 11.5 Å². The third-order valence-electron chi connectivity index (χ3n) is 3.32. The van der Waals surface area contributed by atoms with Crippen molar-refractivity contribution in [2.45, 2.75) is 19.1 Å². The van der Waals surface area contributed by atoms with E-state index < -0.39 is 9.84 Å². The van der Waals surface area contributed by atoms with Gasteiger partial charge in [-0.2, -0.15) is 5.10 Å². The van der Waals surface area contributed by atoms with E-state index in [1.807, 2.05) is 0 Å². The van der Waals surface area contributed by atoms with Gasteiger partial charge in [0.1, 0.15) is 19.0 Å². The highest BCUT2D eigenvalue weighted by atomic mass is 35.5. The highest BCUT2D eigenvalue weighted by molar-refractivity contribution is 7.90. The number of hydrogen-bond donors (Lipinski definition) is 1. The lowest BCUT2D eigenvalue weighted by molar-refractivity contribution is 0.171. The second kappa shape index (κ2) is 6.37. The zero-order valence-electron chi connectivity index (χ0n) is 12.5. The summed E-state index contributed by atoms with van der Waals surface area (Å²) in [5.74, 6) is 1.96. The molecule has 0 radical (unpaired) electrons. The molecule has 1 aliphatic rings. The maximum atomic E-state index is 12.3. The minimum absolute atomic E-state index is 0.0314. The van der Waals surface area contributed by atoms with E-state index in [1.54, 1.807) is 19.1 Å². The van der Waals surface area contributed by atoms with Crippen molar-refractivity contribution < 1.29 is 17.9 Å².